The maximum Gasteiger partial charge on any atom is 0.241 e. The first-order chi connectivity index (χ1) is 6.50. The third kappa shape index (κ3) is 2.78. The fraction of sp³-hybridized carbons (Fsp3) is 0.333. The minimum absolute atomic E-state index is 0.214. The number of hydrogen-bond acceptors (Lipinski definition) is 3. The van der Waals surface area contributed by atoms with Crippen LogP contribution in [0.3, 0.4) is 0 Å². The summed E-state index contributed by atoms with van der Waals surface area (Å²) in [7, 11) is 0. The lowest BCUT2D eigenvalue weighted by Crippen LogP contribution is -2.32. The van der Waals surface area contributed by atoms with Gasteiger partial charge in [-0.2, -0.15) is 0 Å². The Bertz CT molecular complexity index is 352. The molecule has 1 atom stereocenters. The van der Waals surface area contributed by atoms with Crippen LogP contribution in [0.2, 0.25) is 0 Å². The Balaban J connectivity index is 2.78. The van der Waals surface area contributed by atoms with E-state index < -0.39 is 6.04 Å². The van der Waals surface area contributed by atoms with Gasteiger partial charge in [0.15, 0.2) is 0 Å². The van der Waals surface area contributed by atoms with E-state index in [1.165, 1.54) is 0 Å². The number of halogens is 1. The number of hydrogen-bond donors (Lipinski definition) is 2. The molecular formula is C9H12BrN3O. The van der Waals surface area contributed by atoms with Crippen molar-refractivity contribution in [2.24, 2.45) is 5.73 Å². The molecule has 14 heavy (non-hydrogen) atoms. The number of anilines is 1. The van der Waals surface area contributed by atoms with Gasteiger partial charge >= 0.3 is 0 Å². The van der Waals surface area contributed by atoms with E-state index in [0.717, 1.165) is 10.2 Å². The molecule has 1 rings (SSSR count). The summed E-state index contributed by atoms with van der Waals surface area (Å²) in [5, 5.41) is 2.66. The molecular weight excluding hydrogens is 246 g/mol. The summed E-state index contributed by atoms with van der Waals surface area (Å²) in [6.45, 7) is 3.53. The van der Waals surface area contributed by atoms with E-state index in [-0.39, 0.29) is 5.91 Å². The number of rotatable bonds is 2. The summed E-state index contributed by atoms with van der Waals surface area (Å²) in [5.74, 6) is -0.214. The molecule has 0 bridgehead atoms. The number of aryl methyl sites for hydroxylation is 1. The Morgan fingerprint density at radius 3 is 2.86 bits per heavy atom. The second kappa shape index (κ2) is 4.52. The number of amides is 1. The van der Waals surface area contributed by atoms with E-state index in [1.54, 1.807) is 13.1 Å². The molecule has 0 saturated heterocycles. The van der Waals surface area contributed by atoms with E-state index in [2.05, 4.69) is 26.2 Å². The molecule has 1 aromatic rings. The standard InChI is InChI=1S/C9H12BrN3O/c1-5-3-7(4-12-8(5)10)13-9(14)6(2)11/h3-4,6H,11H2,1-2H3,(H,13,14). The highest BCUT2D eigenvalue weighted by Crippen LogP contribution is 2.16. The maximum absolute atomic E-state index is 11.2. The van der Waals surface area contributed by atoms with E-state index in [1.807, 2.05) is 13.0 Å². The smallest absolute Gasteiger partial charge is 0.241 e. The Hall–Kier alpha value is -0.940. The van der Waals surface area contributed by atoms with Gasteiger partial charge in [-0.05, 0) is 41.4 Å². The van der Waals surface area contributed by atoms with Crippen molar-refractivity contribution in [1.29, 1.82) is 0 Å². The number of nitrogens with one attached hydrogen (secondary N) is 1. The van der Waals surface area contributed by atoms with Gasteiger partial charge in [0.25, 0.3) is 0 Å². The SMILES string of the molecule is Cc1cc(NC(=O)C(C)N)cnc1Br. The first-order valence-corrected chi connectivity index (χ1v) is 4.98. The predicted octanol–water partition coefficient (Wildman–Crippen LogP) is 1.44. The van der Waals surface area contributed by atoms with Gasteiger partial charge in [0, 0.05) is 0 Å². The second-order valence-corrected chi connectivity index (χ2v) is 3.86. The van der Waals surface area contributed by atoms with Crippen molar-refractivity contribution >= 4 is 27.5 Å². The molecule has 1 unspecified atom stereocenters. The van der Waals surface area contributed by atoms with Crippen molar-refractivity contribution in [3.8, 4) is 0 Å². The first kappa shape index (κ1) is 11.1. The summed E-state index contributed by atoms with van der Waals surface area (Å²) >= 11 is 3.28. The van der Waals surface area contributed by atoms with Crippen molar-refractivity contribution in [1.82, 2.24) is 4.98 Å². The molecule has 0 aliphatic heterocycles. The first-order valence-electron chi connectivity index (χ1n) is 4.19. The lowest BCUT2D eigenvalue weighted by Gasteiger charge is -2.08. The minimum atomic E-state index is -0.515. The van der Waals surface area contributed by atoms with Gasteiger partial charge in [-0.1, -0.05) is 0 Å². The third-order valence-electron chi connectivity index (χ3n) is 1.70. The zero-order chi connectivity index (χ0) is 10.7. The van der Waals surface area contributed by atoms with Gasteiger partial charge < -0.3 is 11.1 Å². The van der Waals surface area contributed by atoms with Crippen LogP contribution in [0.5, 0.6) is 0 Å². The lowest BCUT2D eigenvalue weighted by molar-refractivity contribution is -0.117. The highest BCUT2D eigenvalue weighted by Gasteiger charge is 2.08. The predicted molar refractivity (Wildman–Crippen MR) is 59.0 cm³/mol. The monoisotopic (exact) mass is 257 g/mol. The number of carbonyl (C=O) groups is 1. The van der Waals surface area contributed by atoms with Gasteiger partial charge in [0.1, 0.15) is 4.60 Å². The number of nitrogens with two attached hydrogens (primary N) is 1. The Morgan fingerprint density at radius 2 is 2.36 bits per heavy atom. The molecule has 76 valence electrons. The van der Waals surface area contributed by atoms with Crippen molar-refractivity contribution < 1.29 is 4.79 Å². The molecule has 1 heterocycles. The van der Waals surface area contributed by atoms with Crippen LogP contribution in [0.4, 0.5) is 5.69 Å². The lowest BCUT2D eigenvalue weighted by atomic mass is 10.3. The van der Waals surface area contributed by atoms with Gasteiger partial charge in [-0.15, -0.1) is 0 Å². The Morgan fingerprint density at radius 1 is 1.71 bits per heavy atom. The third-order valence-corrected chi connectivity index (χ3v) is 2.53. The topological polar surface area (TPSA) is 68.0 Å². The highest BCUT2D eigenvalue weighted by molar-refractivity contribution is 9.10. The van der Waals surface area contributed by atoms with Gasteiger partial charge in [-0.3, -0.25) is 4.79 Å². The van der Waals surface area contributed by atoms with Crippen molar-refractivity contribution in [2.45, 2.75) is 19.9 Å². The normalized spacial score (nSPS) is 12.3. The molecule has 0 aliphatic rings. The zero-order valence-electron chi connectivity index (χ0n) is 8.04. The molecule has 3 N–H and O–H groups in total. The average Bonchev–Trinajstić information content (AvgIpc) is 2.11. The van der Waals surface area contributed by atoms with Crippen molar-refractivity contribution in [3.05, 3.63) is 22.4 Å². The summed E-state index contributed by atoms with van der Waals surface area (Å²) < 4.78 is 0.774. The molecule has 0 spiro atoms. The quantitative estimate of drug-likeness (QED) is 0.788. The molecule has 0 saturated carbocycles. The van der Waals surface area contributed by atoms with Crippen LogP contribution in [0, 0.1) is 6.92 Å². The van der Waals surface area contributed by atoms with Gasteiger partial charge in [0.05, 0.1) is 17.9 Å². The number of nitrogens with zero attached hydrogens (tertiary/aromatic N) is 1. The molecule has 0 aliphatic carbocycles. The fourth-order valence-electron chi connectivity index (χ4n) is 0.883. The van der Waals surface area contributed by atoms with Crippen LogP contribution in [0.15, 0.2) is 16.9 Å². The molecule has 1 amide bonds. The fourth-order valence-corrected chi connectivity index (χ4v) is 1.10. The molecule has 0 radical (unpaired) electrons. The Kier molecular flexibility index (Phi) is 3.60. The maximum atomic E-state index is 11.2. The minimum Gasteiger partial charge on any atom is -0.323 e. The summed E-state index contributed by atoms with van der Waals surface area (Å²) in [4.78, 5) is 15.3. The van der Waals surface area contributed by atoms with E-state index >= 15 is 0 Å². The van der Waals surface area contributed by atoms with Gasteiger partial charge in [0.2, 0.25) is 5.91 Å². The largest absolute Gasteiger partial charge is 0.323 e. The van der Waals surface area contributed by atoms with Crippen LogP contribution in [0.25, 0.3) is 0 Å². The van der Waals surface area contributed by atoms with E-state index in [0.29, 0.717) is 5.69 Å². The summed E-state index contributed by atoms with van der Waals surface area (Å²) in [6.07, 6.45) is 1.58. The van der Waals surface area contributed by atoms with E-state index in [9.17, 15) is 4.79 Å². The molecule has 0 aromatic carbocycles. The van der Waals surface area contributed by atoms with Crippen LogP contribution in [-0.4, -0.2) is 16.9 Å². The zero-order valence-corrected chi connectivity index (χ0v) is 9.63. The van der Waals surface area contributed by atoms with Crippen LogP contribution < -0.4 is 11.1 Å². The van der Waals surface area contributed by atoms with Crippen LogP contribution >= 0.6 is 15.9 Å². The molecule has 1 aromatic heterocycles. The molecule has 5 heteroatoms. The average molecular weight is 258 g/mol. The summed E-state index contributed by atoms with van der Waals surface area (Å²) in [6, 6.07) is 1.32. The number of carbonyl (C=O) groups excluding carboxylic acids is 1. The number of aromatic nitrogens is 1. The van der Waals surface area contributed by atoms with Gasteiger partial charge in [-0.25, -0.2) is 4.98 Å². The molecule has 0 fully saturated rings. The van der Waals surface area contributed by atoms with Crippen molar-refractivity contribution in [2.75, 3.05) is 5.32 Å². The van der Waals surface area contributed by atoms with Crippen LogP contribution in [0.1, 0.15) is 12.5 Å². The second-order valence-electron chi connectivity index (χ2n) is 3.11. The highest BCUT2D eigenvalue weighted by atomic mass is 79.9. The van der Waals surface area contributed by atoms with E-state index in [4.69, 9.17) is 5.73 Å². The molecule has 4 nitrogen and oxygen atoms in total. The Labute approximate surface area is 91.0 Å². The summed E-state index contributed by atoms with van der Waals surface area (Å²) in [5.41, 5.74) is 7.04. The van der Waals surface area contributed by atoms with Crippen molar-refractivity contribution in [3.63, 3.8) is 0 Å². The van der Waals surface area contributed by atoms with Crippen LogP contribution in [-0.2, 0) is 4.79 Å². The number of pyridine rings is 1.